The van der Waals surface area contributed by atoms with Gasteiger partial charge in [0.15, 0.2) is 7.28 Å². The summed E-state index contributed by atoms with van der Waals surface area (Å²) in [5.74, 6) is 0. The van der Waals surface area contributed by atoms with Crippen LogP contribution in [0, 0.1) is 0 Å². The maximum absolute atomic E-state index is 5.60. The molecule has 0 saturated carbocycles. The van der Waals surface area contributed by atoms with E-state index in [9.17, 15) is 0 Å². The molecule has 11 heavy (non-hydrogen) atoms. The lowest BCUT2D eigenvalue weighted by Gasteiger charge is -2.35. The lowest BCUT2D eigenvalue weighted by atomic mass is 9.68. The van der Waals surface area contributed by atoms with Crippen molar-refractivity contribution in [2.24, 2.45) is 0 Å². The number of ether oxygens (including phenoxy) is 1. The van der Waals surface area contributed by atoms with Gasteiger partial charge < -0.3 is 4.74 Å². The summed E-state index contributed by atoms with van der Waals surface area (Å²) < 4.78 is 5.60. The first kappa shape index (κ1) is 9.08. The number of likely N-dealkylation sites (N-methyl/N-ethyl adjacent to an activating group) is 1. The van der Waals surface area contributed by atoms with Crippen LogP contribution in [0.4, 0.5) is 0 Å². The van der Waals surface area contributed by atoms with Crippen LogP contribution in [0.2, 0.25) is 6.32 Å². The Labute approximate surface area is 70.1 Å². The number of hydrogen-bond donors (Lipinski definition) is 0. The van der Waals surface area contributed by atoms with Crippen LogP contribution >= 0.6 is 0 Å². The van der Waals surface area contributed by atoms with E-state index in [-0.39, 0.29) is 0 Å². The summed E-state index contributed by atoms with van der Waals surface area (Å²) in [7, 11) is 4.39. The smallest absolute Gasteiger partial charge is 0.150 e. The van der Waals surface area contributed by atoms with E-state index >= 15 is 0 Å². The molecule has 0 N–H and O–H groups in total. The largest absolute Gasteiger partial charge is 0.384 e. The second kappa shape index (κ2) is 4.12. The molecule has 3 heteroatoms. The Balaban J connectivity index is 2.28. The van der Waals surface area contributed by atoms with Gasteiger partial charge in [-0.05, 0) is 14.0 Å². The highest BCUT2D eigenvalue weighted by atomic mass is 16.5. The van der Waals surface area contributed by atoms with Crippen molar-refractivity contribution < 1.29 is 4.74 Å². The SMILES string of the molecule is CC[B][C@H]1CN(C)[C@@H](C)CO1. The molecule has 0 unspecified atom stereocenters. The highest BCUT2D eigenvalue weighted by Gasteiger charge is 2.22. The molecule has 1 saturated heterocycles. The summed E-state index contributed by atoms with van der Waals surface area (Å²) >= 11 is 0. The van der Waals surface area contributed by atoms with Gasteiger partial charge in [0.2, 0.25) is 0 Å². The molecular formula is C8H17BNO. The summed E-state index contributed by atoms with van der Waals surface area (Å²) in [6.07, 6.45) is 1.10. The van der Waals surface area contributed by atoms with Crippen LogP contribution in [0.3, 0.4) is 0 Å². The molecule has 1 aliphatic heterocycles. The second-order valence-electron chi connectivity index (χ2n) is 3.30. The lowest BCUT2D eigenvalue weighted by molar-refractivity contribution is -0.0111. The standard InChI is InChI=1S/C8H17BNO/c1-4-9-8-5-10(3)7(2)6-11-8/h7-8H,4-6H2,1-3H3/t7-,8+/m0/s1. The van der Waals surface area contributed by atoms with Gasteiger partial charge in [-0.15, -0.1) is 0 Å². The predicted octanol–water partition coefficient (Wildman–Crippen LogP) is 0.805. The monoisotopic (exact) mass is 154 g/mol. The van der Waals surface area contributed by atoms with Gasteiger partial charge in [0.25, 0.3) is 0 Å². The quantitative estimate of drug-likeness (QED) is 0.545. The summed E-state index contributed by atoms with van der Waals surface area (Å²) in [6.45, 7) is 6.27. The highest BCUT2D eigenvalue weighted by Crippen LogP contribution is 2.08. The molecule has 0 spiro atoms. The van der Waals surface area contributed by atoms with E-state index < -0.39 is 0 Å². The number of morpholine rings is 1. The van der Waals surface area contributed by atoms with Gasteiger partial charge >= 0.3 is 0 Å². The van der Waals surface area contributed by atoms with Crippen molar-refractivity contribution in [2.75, 3.05) is 20.2 Å². The summed E-state index contributed by atoms with van der Waals surface area (Å²) in [5.41, 5.74) is 0. The Kier molecular flexibility index (Phi) is 3.40. The molecule has 63 valence electrons. The van der Waals surface area contributed by atoms with Crippen molar-refractivity contribution in [2.45, 2.75) is 32.2 Å². The second-order valence-corrected chi connectivity index (χ2v) is 3.30. The third-order valence-corrected chi connectivity index (χ3v) is 2.27. The molecule has 0 aliphatic carbocycles. The van der Waals surface area contributed by atoms with Crippen LogP contribution in [0.15, 0.2) is 0 Å². The van der Waals surface area contributed by atoms with E-state index in [0.717, 1.165) is 19.5 Å². The molecule has 0 amide bonds. The van der Waals surface area contributed by atoms with Gasteiger partial charge in [-0.25, -0.2) is 0 Å². The van der Waals surface area contributed by atoms with Crippen LogP contribution in [0.25, 0.3) is 0 Å². The lowest BCUT2D eigenvalue weighted by Crippen LogP contribution is -2.47. The normalized spacial score (nSPS) is 33.7. The molecule has 0 aromatic heterocycles. The third kappa shape index (κ3) is 2.49. The minimum atomic E-state index is 0.362. The fourth-order valence-electron chi connectivity index (χ4n) is 1.31. The van der Waals surface area contributed by atoms with Crippen molar-refractivity contribution in [1.29, 1.82) is 0 Å². The molecular weight excluding hydrogens is 137 g/mol. The van der Waals surface area contributed by atoms with Crippen molar-refractivity contribution in [3.8, 4) is 0 Å². The predicted molar refractivity (Wildman–Crippen MR) is 48.1 cm³/mol. The maximum Gasteiger partial charge on any atom is 0.150 e. The molecule has 1 radical (unpaired) electrons. The van der Waals surface area contributed by atoms with Gasteiger partial charge in [0.1, 0.15) is 0 Å². The Morgan fingerprint density at radius 3 is 2.91 bits per heavy atom. The van der Waals surface area contributed by atoms with E-state index in [4.69, 9.17) is 4.74 Å². The van der Waals surface area contributed by atoms with E-state index in [1.807, 2.05) is 0 Å². The molecule has 1 aliphatic rings. The first-order valence-electron chi connectivity index (χ1n) is 4.39. The van der Waals surface area contributed by atoms with Crippen LogP contribution in [-0.4, -0.2) is 44.4 Å². The van der Waals surface area contributed by atoms with E-state index in [1.165, 1.54) is 0 Å². The number of nitrogens with zero attached hydrogens (tertiary/aromatic N) is 1. The van der Waals surface area contributed by atoms with Crippen LogP contribution in [0.1, 0.15) is 13.8 Å². The zero-order valence-corrected chi connectivity index (χ0v) is 7.71. The van der Waals surface area contributed by atoms with Gasteiger partial charge in [0.05, 0.1) is 6.61 Å². The number of hydrogen-bond acceptors (Lipinski definition) is 2. The minimum absolute atomic E-state index is 0.362. The average Bonchev–Trinajstić information content (AvgIpc) is 1.98. The van der Waals surface area contributed by atoms with Crippen molar-refractivity contribution in [1.82, 2.24) is 4.90 Å². The maximum atomic E-state index is 5.60. The molecule has 2 atom stereocenters. The average molecular weight is 154 g/mol. The summed E-state index contributed by atoms with van der Waals surface area (Å²) in [5, 5.41) is 0. The molecule has 0 bridgehead atoms. The van der Waals surface area contributed by atoms with Gasteiger partial charge in [-0.3, -0.25) is 4.90 Å². The molecule has 0 aromatic rings. The summed E-state index contributed by atoms with van der Waals surface area (Å²) in [4.78, 5) is 2.35. The Hall–Kier alpha value is -0.0151. The van der Waals surface area contributed by atoms with Crippen molar-refractivity contribution >= 4 is 7.28 Å². The van der Waals surface area contributed by atoms with E-state index in [0.29, 0.717) is 12.0 Å². The highest BCUT2D eigenvalue weighted by molar-refractivity contribution is 6.37. The van der Waals surface area contributed by atoms with E-state index in [2.05, 4.69) is 33.1 Å². The van der Waals surface area contributed by atoms with Crippen LogP contribution in [0.5, 0.6) is 0 Å². The zero-order valence-electron chi connectivity index (χ0n) is 7.71. The molecule has 1 heterocycles. The fourth-order valence-corrected chi connectivity index (χ4v) is 1.31. The van der Waals surface area contributed by atoms with Crippen LogP contribution in [-0.2, 0) is 4.74 Å². The molecule has 0 aromatic carbocycles. The first-order valence-corrected chi connectivity index (χ1v) is 4.39. The first-order chi connectivity index (χ1) is 5.24. The third-order valence-electron chi connectivity index (χ3n) is 2.27. The molecule has 1 fully saturated rings. The van der Waals surface area contributed by atoms with Gasteiger partial charge in [0, 0.05) is 18.6 Å². The number of rotatable bonds is 2. The van der Waals surface area contributed by atoms with E-state index in [1.54, 1.807) is 0 Å². The fraction of sp³-hybridized carbons (Fsp3) is 1.00. The molecule has 2 nitrogen and oxygen atoms in total. The Bertz CT molecular complexity index is 121. The minimum Gasteiger partial charge on any atom is -0.384 e. The van der Waals surface area contributed by atoms with Gasteiger partial charge in [-0.1, -0.05) is 13.2 Å². The Morgan fingerprint density at radius 2 is 2.36 bits per heavy atom. The zero-order chi connectivity index (χ0) is 8.27. The molecule has 1 rings (SSSR count). The van der Waals surface area contributed by atoms with Crippen molar-refractivity contribution in [3.63, 3.8) is 0 Å². The van der Waals surface area contributed by atoms with Crippen LogP contribution < -0.4 is 0 Å². The summed E-state index contributed by atoms with van der Waals surface area (Å²) in [6, 6.07) is 0.942. The Morgan fingerprint density at radius 1 is 1.64 bits per heavy atom. The van der Waals surface area contributed by atoms with Crippen molar-refractivity contribution in [3.05, 3.63) is 0 Å². The van der Waals surface area contributed by atoms with Gasteiger partial charge in [-0.2, -0.15) is 0 Å². The topological polar surface area (TPSA) is 12.5 Å².